The molecule has 0 spiro atoms. The molecular weight excluding hydrogens is 292 g/mol. The quantitative estimate of drug-likeness (QED) is 0.556. The average Bonchev–Trinajstić information content (AvgIpc) is 3.06. The summed E-state index contributed by atoms with van der Waals surface area (Å²) in [5, 5.41) is 7.11. The summed E-state index contributed by atoms with van der Waals surface area (Å²) < 4.78 is 1.32. The van der Waals surface area contributed by atoms with E-state index in [4.69, 9.17) is 0 Å². The number of hydrogen-bond acceptors (Lipinski definition) is 3. The molecule has 0 atom stereocenters. The minimum atomic E-state index is -0.673. The predicted octanol–water partition coefficient (Wildman–Crippen LogP) is 2.07. The molecule has 0 fully saturated rings. The molecule has 6 heteroatoms. The van der Waals surface area contributed by atoms with Crippen molar-refractivity contribution in [2.24, 2.45) is 0 Å². The molecule has 0 radical (unpaired) electrons. The summed E-state index contributed by atoms with van der Waals surface area (Å²) in [4.78, 5) is 26.8. The van der Waals surface area contributed by atoms with E-state index in [0.29, 0.717) is 16.9 Å². The first-order valence-electron chi connectivity index (χ1n) is 7.09. The number of para-hydroxylation sites is 2. The van der Waals surface area contributed by atoms with E-state index in [2.05, 4.69) is 15.2 Å². The average molecular weight is 304 g/mol. The summed E-state index contributed by atoms with van der Waals surface area (Å²) in [5.74, 6) is 0.385. The van der Waals surface area contributed by atoms with E-state index in [0.717, 1.165) is 11.3 Å². The van der Waals surface area contributed by atoms with Crippen molar-refractivity contribution >= 4 is 11.0 Å². The molecule has 2 heterocycles. The Bertz CT molecular complexity index is 1110. The number of nitrogens with one attached hydrogen (secondary N) is 2. The van der Waals surface area contributed by atoms with Gasteiger partial charge in [-0.15, -0.1) is 0 Å². The number of benzene rings is 2. The first-order valence-corrected chi connectivity index (χ1v) is 7.09. The van der Waals surface area contributed by atoms with Crippen LogP contribution in [0.15, 0.2) is 70.3 Å². The lowest BCUT2D eigenvalue weighted by atomic mass is 10.1. The maximum Gasteiger partial charge on any atom is 0.322 e. The van der Waals surface area contributed by atoms with Crippen LogP contribution in [-0.4, -0.2) is 19.7 Å². The zero-order valence-electron chi connectivity index (χ0n) is 12.0. The third kappa shape index (κ3) is 2.17. The molecule has 0 aliphatic heterocycles. The van der Waals surface area contributed by atoms with Crippen LogP contribution in [0.4, 0.5) is 0 Å². The van der Waals surface area contributed by atoms with Crippen LogP contribution in [0.5, 0.6) is 0 Å². The van der Waals surface area contributed by atoms with Gasteiger partial charge in [-0.05, 0) is 17.7 Å². The van der Waals surface area contributed by atoms with Crippen LogP contribution < -0.4 is 11.1 Å². The Morgan fingerprint density at radius 3 is 2.48 bits per heavy atom. The number of aromatic nitrogens is 4. The molecule has 2 N–H and O–H groups in total. The Morgan fingerprint density at radius 1 is 0.913 bits per heavy atom. The second-order valence-corrected chi connectivity index (χ2v) is 5.12. The van der Waals surface area contributed by atoms with Crippen LogP contribution in [0.3, 0.4) is 0 Å². The number of nitrogens with zero attached hydrogens (tertiary/aromatic N) is 2. The number of rotatable bonds is 2. The zero-order chi connectivity index (χ0) is 15.8. The standard InChI is InChI=1S/C17H12N4O2/c22-16-17(23)21(14-9-5-4-8-12(14)18-16)15-10-13(19-20-15)11-6-2-1-3-7-11/h1-10H,(H,18,22)(H,19,20). The predicted molar refractivity (Wildman–Crippen MR) is 87.7 cm³/mol. The lowest BCUT2D eigenvalue weighted by molar-refractivity contribution is 0.923. The highest BCUT2D eigenvalue weighted by Crippen LogP contribution is 2.19. The molecule has 2 aromatic carbocycles. The monoisotopic (exact) mass is 304 g/mol. The molecule has 0 unspecified atom stereocenters. The lowest BCUT2D eigenvalue weighted by Crippen LogP contribution is -2.35. The summed E-state index contributed by atoms with van der Waals surface area (Å²) in [6.45, 7) is 0. The van der Waals surface area contributed by atoms with Gasteiger partial charge >= 0.3 is 11.1 Å². The van der Waals surface area contributed by atoms with Gasteiger partial charge in [0.15, 0.2) is 5.82 Å². The fourth-order valence-electron chi connectivity index (χ4n) is 2.58. The molecule has 4 aromatic rings. The van der Waals surface area contributed by atoms with Crippen molar-refractivity contribution < 1.29 is 0 Å². The van der Waals surface area contributed by atoms with Crippen LogP contribution >= 0.6 is 0 Å². The largest absolute Gasteiger partial charge is 0.322 e. The van der Waals surface area contributed by atoms with Crippen molar-refractivity contribution in [2.45, 2.75) is 0 Å². The van der Waals surface area contributed by atoms with Crippen LogP contribution in [0.25, 0.3) is 28.1 Å². The molecule has 23 heavy (non-hydrogen) atoms. The van der Waals surface area contributed by atoms with E-state index in [-0.39, 0.29) is 0 Å². The van der Waals surface area contributed by atoms with Gasteiger partial charge in [-0.25, -0.2) is 0 Å². The topological polar surface area (TPSA) is 83.5 Å². The van der Waals surface area contributed by atoms with Gasteiger partial charge in [-0.2, -0.15) is 5.10 Å². The smallest absolute Gasteiger partial charge is 0.316 e. The van der Waals surface area contributed by atoms with E-state index < -0.39 is 11.1 Å². The van der Waals surface area contributed by atoms with Gasteiger partial charge in [0.05, 0.1) is 16.7 Å². The maximum atomic E-state index is 12.3. The van der Waals surface area contributed by atoms with E-state index in [1.54, 1.807) is 30.3 Å². The molecule has 4 rings (SSSR count). The summed E-state index contributed by atoms with van der Waals surface area (Å²) in [5.41, 5.74) is 1.58. The fraction of sp³-hybridized carbons (Fsp3) is 0. The van der Waals surface area contributed by atoms with Crippen LogP contribution in [0.1, 0.15) is 0 Å². The molecule has 0 aliphatic carbocycles. The minimum Gasteiger partial charge on any atom is -0.316 e. The maximum absolute atomic E-state index is 12.3. The number of aromatic amines is 2. The van der Waals surface area contributed by atoms with Gasteiger partial charge < -0.3 is 4.98 Å². The summed E-state index contributed by atoms with van der Waals surface area (Å²) in [6, 6.07) is 18.5. The molecule has 0 saturated carbocycles. The number of hydrogen-bond donors (Lipinski definition) is 2. The molecule has 6 nitrogen and oxygen atoms in total. The summed E-state index contributed by atoms with van der Waals surface area (Å²) in [6.07, 6.45) is 0. The van der Waals surface area contributed by atoms with Crippen molar-refractivity contribution in [1.29, 1.82) is 0 Å². The first kappa shape index (κ1) is 13.3. The van der Waals surface area contributed by atoms with Crippen molar-refractivity contribution in [1.82, 2.24) is 19.7 Å². The molecule has 0 saturated heterocycles. The molecule has 0 aliphatic rings. The number of fused-ring (bicyclic) bond motifs is 1. The van der Waals surface area contributed by atoms with Crippen LogP contribution in [0.2, 0.25) is 0 Å². The second-order valence-electron chi connectivity index (χ2n) is 5.12. The van der Waals surface area contributed by atoms with Gasteiger partial charge in [0.2, 0.25) is 0 Å². The van der Waals surface area contributed by atoms with Crippen molar-refractivity contribution in [3.63, 3.8) is 0 Å². The first-order chi connectivity index (χ1) is 11.2. The van der Waals surface area contributed by atoms with Crippen LogP contribution in [-0.2, 0) is 0 Å². The van der Waals surface area contributed by atoms with Gasteiger partial charge in [-0.1, -0.05) is 42.5 Å². The zero-order valence-corrected chi connectivity index (χ0v) is 12.0. The van der Waals surface area contributed by atoms with Gasteiger partial charge in [0.1, 0.15) is 0 Å². The molecule has 112 valence electrons. The third-order valence-electron chi connectivity index (χ3n) is 3.67. The highest BCUT2D eigenvalue weighted by Gasteiger charge is 2.12. The van der Waals surface area contributed by atoms with E-state index in [1.807, 2.05) is 30.3 Å². The highest BCUT2D eigenvalue weighted by molar-refractivity contribution is 5.76. The van der Waals surface area contributed by atoms with Crippen molar-refractivity contribution in [3.8, 4) is 17.1 Å². The lowest BCUT2D eigenvalue weighted by Gasteiger charge is -2.05. The van der Waals surface area contributed by atoms with Crippen molar-refractivity contribution in [2.75, 3.05) is 0 Å². The van der Waals surface area contributed by atoms with Gasteiger partial charge in [-0.3, -0.25) is 19.3 Å². The Hall–Kier alpha value is -3.41. The minimum absolute atomic E-state index is 0.385. The number of H-pyrrole nitrogens is 2. The second kappa shape index (κ2) is 5.10. The third-order valence-corrected chi connectivity index (χ3v) is 3.67. The van der Waals surface area contributed by atoms with E-state index in [1.165, 1.54) is 4.57 Å². The van der Waals surface area contributed by atoms with Crippen molar-refractivity contribution in [3.05, 3.63) is 81.4 Å². The molecule has 0 bridgehead atoms. The van der Waals surface area contributed by atoms with Crippen LogP contribution in [0, 0.1) is 0 Å². The summed E-state index contributed by atoms with van der Waals surface area (Å²) >= 11 is 0. The fourth-order valence-corrected chi connectivity index (χ4v) is 2.58. The molecular formula is C17H12N4O2. The van der Waals surface area contributed by atoms with E-state index in [9.17, 15) is 9.59 Å². The normalized spacial score (nSPS) is 11.0. The van der Waals surface area contributed by atoms with Gasteiger partial charge in [0.25, 0.3) is 0 Å². The SMILES string of the molecule is O=c1[nH]c2ccccc2n(-c2cc(-c3ccccc3)[nH]n2)c1=O. The molecule has 0 amide bonds. The Labute approximate surface area is 130 Å². The highest BCUT2D eigenvalue weighted by atomic mass is 16.2. The molecule has 2 aromatic heterocycles. The Morgan fingerprint density at radius 2 is 1.65 bits per heavy atom. The van der Waals surface area contributed by atoms with E-state index >= 15 is 0 Å². The van der Waals surface area contributed by atoms with Gasteiger partial charge in [0, 0.05) is 6.07 Å². The summed E-state index contributed by atoms with van der Waals surface area (Å²) in [7, 11) is 0. The Kier molecular flexibility index (Phi) is 2.94. The Balaban J connectivity index is 1.97.